The number of carbonyl (C=O) groups excluding carboxylic acids is 2. The Morgan fingerprint density at radius 2 is 1.94 bits per heavy atom. The fraction of sp³-hybridized carbons (Fsp3) is 0.429. The van der Waals surface area contributed by atoms with Crippen LogP contribution in [0.2, 0.25) is 0 Å². The number of fused-ring (bicyclic) bond motifs is 1. The highest BCUT2D eigenvalue weighted by Gasteiger charge is 2.25. The molecule has 2 rings (SSSR count). The molecule has 0 aromatic heterocycles. The van der Waals surface area contributed by atoms with E-state index in [9.17, 15) is 9.59 Å². The maximum atomic E-state index is 12.0. The molecule has 1 amide bonds. The lowest BCUT2D eigenvalue weighted by molar-refractivity contribution is -0.126. The number of anilines is 1. The third kappa shape index (κ3) is 2.54. The molecule has 0 saturated heterocycles. The van der Waals surface area contributed by atoms with Crippen LogP contribution in [0.25, 0.3) is 0 Å². The Kier molecular flexibility index (Phi) is 3.57. The molecule has 0 aliphatic carbocycles. The molecule has 0 bridgehead atoms. The number of nitrogens with zero attached hydrogens (tertiary/aromatic N) is 1. The monoisotopic (exact) mass is 231 g/mol. The fourth-order valence-electron chi connectivity index (χ4n) is 2.16. The third-order valence-corrected chi connectivity index (χ3v) is 3.05. The second-order valence-electron chi connectivity index (χ2n) is 4.42. The van der Waals surface area contributed by atoms with Gasteiger partial charge >= 0.3 is 0 Å². The Hall–Kier alpha value is -1.64. The maximum Gasteiger partial charge on any atom is 0.234 e. The van der Waals surface area contributed by atoms with Crippen molar-refractivity contribution in [2.45, 2.75) is 32.6 Å². The van der Waals surface area contributed by atoms with Crippen LogP contribution < -0.4 is 4.90 Å². The quantitative estimate of drug-likeness (QED) is 0.749. The first-order chi connectivity index (χ1) is 8.22. The van der Waals surface area contributed by atoms with Gasteiger partial charge in [-0.3, -0.25) is 9.59 Å². The van der Waals surface area contributed by atoms with Crippen molar-refractivity contribution < 1.29 is 9.59 Å². The molecule has 0 unspecified atom stereocenters. The molecule has 0 fully saturated rings. The van der Waals surface area contributed by atoms with Gasteiger partial charge in [0, 0.05) is 18.7 Å². The van der Waals surface area contributed by atoms with E-state index in [1.165, 1.54) is 0 Å². The average Bonchev–Trinajstić information content (AvgIpc) is 2.42. The van der Waals surface area contributed by atoms with Crippen molar-refractivity contribution in [2.75, 3.05) is 11.4 Å². The Morgan fingerprint density at radius 3 is 2.71 bits per heavy atom. The van der Waals surface area contributed by atoms with E-state index in [0.29, 0.717) is 13.0 Å². The van der Waals surface area contributed by atoms with Gasteiger partial charge in [0.05, 0.1) is 6.42 Å². The highest BCUT2D eigenvalue weighted by atomic mass is 16.2. The molecule has 17 heavy (non-hydrogen) atoms. The second kappa shape index (κ2) is 5.13. The Bertz CT molecular complexity index is 440. The SMILES string of the molecule is CCCCN1C(=O)CC(=O)Cc2ccccc21. The van der Waals surface area contributed by atoms with Crippen LogP contribution >= 0.6 is 0 Å². The lowest BCUT2D eigenvalue weighted by atomic mass is 10.1. The van der Waals surface area contributed by atoms with Crippen molar-refractivity contribution in [1.82, 2.24) is 0 Å². The lowest BCUT2D eigenvalue weighted by Gasteiger charge is -2.22. The number of amides is 1. The van der Waals surface area contributed by atoms with Crippen molar-refractivity contribution in [3.63, 3.8) is 0 Å². The summed E-state index contributed by atoms with van der Waals surface area (Å²) in [6.07, 6.45) is 2.43. The standard InChI is InChI=1S/C14H17NO2/c1-2-3-8-15-13-7-5-4-6-11(13)9-12(16)10-14(15)17/h4-7H,2-3,8-10H2,1H3. The molecule has 1 heterocycles. The minimum absolute atomic E-state index is 0.0152. The minimum atomic E-state index is -0.0617. The molecule has 1 aromatic rings. The van der Waals surface area contributed by atoms with Gasteiger partial charge in [0.1, 0.15) is 5.78 Å². The number of para-hydroxylation sites is 1. The summed E-state index contributed by atoms with van der Waals surface area (Å²) in [6.45, 7) is 2.80. The fourth-order valence-corrected chi connectivity index (χ4v) is 2.16. The van der Waals surface area contributed by atoms with E-state index in [-0.39, 0.29) is 18.1 Å². The van der Waals surface area contributed by atoms with Crippen molar-refractivity contribution in [3.05, 3.63) is 29.8 Å². The van der Waals surface area contributed by atoms with Crippen LogP contribution in [0.4, 0.5) is 5.69 Å². The van der Waals surface area contributed by atoms with Crippen molar-refractivity contribution in [2.24, 2.45) is 0 Å². The predicted molar refractivity (Wildman–Crippen MR) is 67.0 cm³/mol. The van der Waals surface area contributed by atoms with Crippen LogP contribution in [0.15, 0.2) is 24.3 Å². The summed E-state index contributed by atoms with van der Waals surface area (Å²) >= 11 is 0. The van der Waals surface area contributed by atoms with Crippen LogP contribution in [0.5, 0.6) is 0 Å². The molecule has 90 valence electrons. The highest BCUT2D eigenvalue weighted by Crippen LogP contribution is 2.25. The maximum absolute atomic E-state index is 12.0. The van der Waals surface area contributed by atoms with Crippen LogP contribution in [0.3, 0.4) is 0 Å². The lowest BCUT2D eigenvalue weighted by Crippen LogP contribution is -2.31. The number of rotatable bonds is 3. The predicted octanol–water partition coefficient (Wildman–Crippen LogP) is 2.34. The molecule has 1 aliphatic rings. The van der Waals surface area contributed by atoms with E-state index in [2.05, 4.69) is 6.92 Å². The summed E-state index contributed by atoms with van der Waals surface area (Å²) in [7, 11) is 0. The van der Waals surface area contributed by atoms with Gasteiger partial charge in [0.15, 0.2) is 0 Å². The van der Waals surface area contributed by atoms with Gasteiger partial charge < -0.3 is 4.90 Å². The number of unbranched alkanes of at least 4 members (excludes halogenated alkanes) is 1. The largest absolute Gasteiger partial charge is 0.312 e. The number of hydrogen-bond acceptors (Lipinski definition) is 2. The van der Waals surface area contributed by atoms with Gasteiger partial charge in [0.25, 0.3) is 0 Å². The summed E-state index contributed by atoms with van der Waals surface area (Å²) in [6, 6.07) is 7.70. The topological polar surface area (TPSA) is 37.4 Å². The first-order valence-corrected chi connectivity index (χ1v) is 6.12. The normalized spacial score (nSPS) is 15.7. The molecular weight excluding hydrogens is 214 g/mol. The van der Waals surface area contributed by atoms with Crippen molar-refractivity contribution >= 4 is 17.4 Å². The van der Waals surface area contributed by atoms with Crippen LogP contribution in [0, 0.1) is 0 Å². The molecule has 1 aliphatic heterocycles. The number of Topliss-reactive ketones (excluding diaryl/α,β-unsaturated/α-hetero) is 1. The van der Waals surface area contributed by atoms with Crippen molar-refractivity contribution in [1.29, 1.82) is 0 Å². The molecule has 0 radical (unpaired) electrons. The zero-order chi connectivity index (χ0) is 12.3. The van der Waals surface area contributed by atoms with Gasteiger partial charge in [-0.1, -0.05) is 31.5 Å². The van der Waals surface area contributed by atoms with Gasteiger partial charge in [-0.25, -0.2) is 0 Å². The molecular formula is C14H17NO2. The van der Waals surface area contributed by atoms with E-state index in [1.54, 1.807) is 4.90 Å². The Morgan fingerprint density at radius 1 is 1.18 bits per heavy atom. The van der Waals surface area contributed by atoms with Gasteiger partial charge in [-0.2, -0.15) is 0 Å². The van der Waals surface area contributed by atoms with Gasteiger partial charge in [-0.05, 0) is 18.1 Å². The van der Waals surface area contributed by atoms with Crippen LogP contribution in [-0.4, -0.2) is 18.2 Å². The first-order valence-electron chi connectivity index (χ1n) is 6.12. The summed E-state index contributed by atoms with van der Waals surface area (Å²) in [5, 5.41) is 0. The van der Waals surface area contributed by atoms with Crippen LogP contribution in [0.1, 0.15) is 31.7 Å². The summed E-state index contributed by atoms with van der Waals surface area (Å²) in [5.41, 5.74) is 1.89. The zero-order valence-corrected chi connectivity index (χ0v) is 10.1. The first kappa shape index (κ1) is 11.8. The Balaban J connectivity index is 2.35. The number of carbonyl (C=O) groups is 2. The number of benzene rings is 1. The molecule has 3 heteroatoms. The van der Waals surface area contributed by atoms with Gasteiger partial charge in [-0.15, -0.1) is 0 Å². The number of hydrogen-bond donors (Lipinski definition) is 0. The molecule has 3 nitrogen and oxygen atoms in total. The van der Waals surface area contributed by atoms with E-state index in [0.717, 1.165) is 24.1 Å². The molecule has 0 saturated carbocycles. The number of ketones is 1. The summed E-state index contributed by atoms with van der Waals surface area (Å²) < 4.78 is 0. The van der Waals surface area contributed by atoms with E-state index in [4.69, 9.17) is 0 Å². The van der Waals surface area contributed by atoms with Gasteiger partial charge in [0.2, 0.25) is 5.91 Å². The van der Waals surface area contributed by atoms with Crippen molar-refractivity contribution in [3.8, 4) is 0 Å². The summed E-state index contributed by atoms with van der Waals surface area (Å²) in [5.74, 6) is -0.0464. The molecule has 0 N–H and O–H groups in total. The molecule has 0 spiro atoms. The van der Waals surface area contributed by atoms with E-state index in [1.807, 2.05) is 24.3 Å². The Labute approximate surface area is 101 Å². The molecule has 1 aromatic carbocycles. The second-order valence-corrected chi connectivity index (χ2v) is 4.42. The average molecular weight is 231 g/mol. The minimum Gasteiger partial charge on any atom is -0.312 e. The van der Waals surface area contributed by atoms with Crippen LogP contribution in [-0.2, 0) is 16.0 Å². The highest BCUT2D eigenvalue weighted by molar-refractivity contribution is 6.09. The molecule has 0 atom stereocenters. The zero-order valence-electron chi connectivity index (χ0n) is 10.1. The smallest absolute Gasteiger partial charge is 0.234 e. The van der Waals surface area contributed by atoms with E-state index < -0.39 is 0 Å². The third-order valence-electron chi connectivity index (χ3n) is 3.05. The summed E-state index contributed by atoms with van der Waals surface area (Å²) in [4.78, 5) is 25.4. The van der Waals surface area contributed by atoms with E-state index >= 15 is 0 Å².